The number of nitrogens with zero attached hydrogens (tertiary/aromatic N) is 2. The second-order valence-electron chi connectivity index (χ2n) is 8.33. The number of thiazole rings is 1. The third-order valence-corrected chi connectivity index (χ3v) is 8.07. The molecule has 0 fully saturated rings. The number of allylic oxidation sites excluding steroid dienone is 1. The number of methoxy groups -OCH3 is 2. The van der Waals surface area contributed by atoms with Gasteiger partial charge in [-0.1, -0.05) is 30.1 Å². The fraction of sp³-hybridized carbons (Fsp3) is 0.250. The summed E-state index contributed by atoms with van der Waals surface area (Å²) < 4.78 is 25.4. The number of benzene rings is 2. The topological polar surface area (TPSA) is 88.3 Å². The van der Waals surface area contributed by atoms with Crippen LogP contribution in [-0.4, -0.2) is 38.0 Å². The summed E-state index contributed by atoms with van der Waals surface area (Å²) in [5, 5.41) is 0. The molecule has 1 aromatic heterocycles. The first-order chi connectivity index (χ1) is 18.7. The molecule has 0 amide bonds. The van der Waals surface area contributed by atoms with Crippen LogP contribution in [-0.2, 0) is 9.53 Å². The van der Waals surface area contributed by atoms with E-state index in [-0.39, 0.29) is 17.7 Å². The molecule has 0 N–H and O–H groups in total. The fourth-order valence-corrected chi connectivity index (χ4v) is 6.72. The van der Waals surface area contributed by atoms with Gasteiger partial charge >= 0.3 is 5.97 Å². The lowest BCUT2D eigenvalue weighted by Gasteiger charge is -2.25. The van der Waals surface area contributed by atoms with Crippen LogP contribution in [0.1, 0.15) is 31.0 Å². The van der Waals surface area contributed by atoms with E-state index in [1.165, 1.54) is 23.0 Å². The van der Waals surface area contributed by atoms with Gasteiger partial charge in [0, 0.05) is 0 Å². The van der Waals surface area contributed by atoms with Crippen LogP contribution in [0.25, 0.3) is 6.08 Å². The molecule has 0 saturated heterocycles. The van der Waals surface area contributed by atoms with E-state index < -0.39 is 12.0 Å². The van der Waals surface area contributed by atoms with E-state index in [1.807, 2.05) is 12.1 Å². The predicted molar refractivity (Wildman–Crippen MR) is 157 cm³/mol. The van der Waals surface area contributed by atoms with Crippen molar-refractivity contribution in [3.63, 3.8) is 0 Å². The summed E-state index contributed by atoms with van der Waals surface area (Å²) in [6.07, 6.45) is 3.45. The third-order valence-electron chi connectivity index (χ3n) is 5.90. The Morgan fingerprint density at radius 3 is 2.46 bits per heavy atom. The van der Waals surface area contributed by atoms with Gasteiger partial charge in [-0.15, -0.1) is 0 Å². The average Bonchev–Trinajstić information content (AvgIpc) is 3.21. The molecule has 2 heterocycles. The Hall–Kier alpha value is -3.15. The minimum atomic E-state index is -0.768. The van der Waals surface area contributed by atoms with Crippen molar-refractivity contribution in [2.45, 2.75) is 19.9 Å². The first kappa shape index (κ1) is 28.8. The lowest BCUT2D eigenvalue weighted by Crippen LogP contribution is -2.40. The molecule has 39 heavy (non-hydrogen) atoms. The van der Waals surface area contributed by atoms with Crippen LogP contribution in [0.2, 0.25) is 0 Å². The van der Waals surface area contributed by atoms with Gasteiger partial charge in [-0.25, -0.2) is 9.79 Å². The van der Waals surface area contributed by atoms with Gasteiger partial charge in [0.15, 0.2) is 16.3 Å². The van der Waals surface area contributed by atoms with Crippen LogP contribution < -0.4 is 29.1 Å². The molecule has 1 aliphatic rings. The minimum absolute atomic E-state index is 0.189. The minimum Gasteiger partial charge on any atom is -0.493 e. The quantitative estimate of drug-likeness (QED) is 0.237. The Morgan fingerprint density at radius 2 is 1.85 bits per heavy atom. The second kappa shape index (κ2) is 12.4. The predicted octanol–water partition coefficient (Wildman–Crippen LogP) is 4.91. The van der Waals surface area contributed by atoms with Gasteiger partial charge in [-0.2, -0.15) is 0 Å². The van der Waals surface area contributed by atoms with Crippen LogP contribution in [0.5, 0.6) is 17.2 Å². The van der Waals surface area contributed by atoms with Crippen molar-refractivity contribution in [3.05, 3.63) is 94.0 Å². The maximum absolute atomic E-state index is 13.9. The van der Waals surface area contributed by atoms with Crippen LogP contribution in [0, 0.1) is 0 Å². The zero-order valence-electron chi connectivity index (χ0n) is 21.7. The van der Waals surface area contributed by atoms with Gasteiger partial charge in [0.1, 0.15) is 12.4 Å². The summed E-state index contributed by atoms with van der Waals surface area (Å²) in [5.41, 5.74) is 1.92. The van der Waals surface area contributed by atoms with Crippen molar-refractivity contribution in [2.75, 3.05) is 27.4 Å². The summed E-state index contributed by atoms with van der Waals surface area (Å²) in [6, 6.07) is 8.26. The lowest BCUT2D eigenvalue weighted by molar-refractivity contribution is -0.139. The standard InChI is InChI=1S/C28H26Br2N2O6S/c1-6-10-38-25-18(29)11-16(12-19(25)30)13-22-26(33)32-24(17-8-9-20(35-4)21(14-17)36-5)23(27(34)37-7-2)15(3)31-28(32)39-22/h6,8-9,11-14,24H,1,7,10H2,2-5H3. The Morgan fingerprint density at radius 1 is 1.15 bits per heavy atom. The number of halogens is 2. The van der Waals surface area contributed by atoms with E-state index in [0.717, 1.165) is 14.5 Å². The zero-order chi connectivity index (χ0) is 28.3. The SMILES string of the molecule is C=CCOc1c(Br)cc(C=c2sc3n(c2=O)C(c2ccc(OC)c(OC)c2)C(C(=O)OCC)=C(C)N=3)cc1Br. The molecule has 11 heteroatoms. The monoisotopic (exact) mass is 676 g/mol. The number of ether oxygens (including phenoxy) is 4. The van der Waals surface area contributed by atoms with Crippen LogP contribution >= 0.6 is 43.2 Å². The molecular weight excluding hydrogens is 652 g/mol. The molecule has 8 nitrogen and oxygen atoms in total. The van der Waals surface area contributed by atoms with Crippen molar-refractivity contribution in [1.29, 1.82) is 0 Å². The number of aromatic nitrogens is 1. The number of hydrogen-bond donors (Lipinski definition) is 0. The lowest BCUT2D eigenvalue weighted by atomic mass is 9.95. The second-order valence-corrected chi connectivity index (χ2v) is 11.0. The number of rotatable bonds is 9. The van der Waals surface area contributed by atoms with E-state index >= 15 is 0 Å². The van der Waals surface area contributed by atoms with Gasteiger partial charge in [-0.05, 0) is 87.2 Å². The van der Waals surface area contributed by atoms with Crippen molar-refractivity contribution >= 4 is 55.2 Å². The van der Waals surface area contributed by atoms with E-state index in [2.05, 4.69) is 43.4 Å². The Balaban J connectivity index is 1.92. The first-order valence-corrected chi connectivity index (χ1v) is 14.3. The largest absolute Gasteiger partial charge is 0.493 e. The van der Waals surface area contributed by atoms with E-state index in [9.17, 15) is 9.59 Å². The average molecular weight is 678 g/mol. The van der Waals surface area contributed by atoms with Gasteiger partial charge in [0.25, 0.3) is 5.56 Å². The van der Waals surface area contributed by atoms with Crippen molar-refractivity contribution < 1.29 is 23.7 Å². The van der Waals surface area contributed by atoms with E-state index in [4.69, 9.17) is 18.9 Å². The number of carbonyl (C=O) groups excluding carboxylic acids is 1. The highest BCUT2D eigenvalue weighted by Gasteiger charge is 2.34. The number of esters is 1. The maximum atomic E-state index is 13.9. The highest BCUT2D eigenvalue weighted by Crippen LogP contribution is 2.37. The van der Waals surface area contributed by atoms with Crippen molar-refractivity contribution in [2.24, 2.45) is 4.99 Å². The normalized spacial score (nSPS) is 14.9. The molecule has 1 atom stereocenters. The number of fused-ring (bicyclic) bond motifs is 1. The molecule has 4 rings (SSSR count). The molecule has 0 bridgehead atoms. The molecule has 3 aromatic rings. The van der Waals surface area contributed by atoms with Crippen molar-refractivity contribution in [3.8, 4) is 17.2 Å². The van der Waals surface area contributed by atoms with Gasteiger partial charge in [0.05, 0.1) is 51.6 Å². The molecule has 2 aromatic carbocycles. The fourth-order valence-electron chi connectivity index (χ4n) is 4.22. The Bertz CT molecular complexity index is 1630. The summed E-state index contributed by atoms with van der Waals surface area (Å²) in [6.45, 7) is 7.70. The maximum Gasteiger partial charge on any atom is 0.338 e. The zero-order valence-corrected chi connectivity index (χ0v) is 25.7. The Labute approximate surface area is 246 Å². The summed E-state index contributed by atoms with van der Waals surface area (Å²) in [7, 11) is 3.08. The molecule has 204 valence electrons. The number of hydrogen-bond acceptors (Lipinski definition) is 8. The van der Waals surface area contributed by atoms with Gasteiger partial charge in [-0.3, -0.25) is 9.36 Å². The Kier molecular flexibility index (Phi) is 9.14. The smallest absolute Gasteiger partial charge is 0.338 e. The molecule has 0 radical (unpaired) electrons. The summed E-state index contributed by atoms with van der Waals surface area (Å²) >= 11 is 8.33. The van der Waals surface area contributed by atoms with E-state index in [0.29, 0.717) is 44.4 Å². The summed E-state index contributed by atoms with van der Waals surface area (Å²) in [4.78, 5) is 32.1. The van der Waals surface area contributed by atoms with Crippen LogP contribution in [0.15, 0.2) is 73.0 Å². The van der Waals surface area contributed by atoms with Crippen molar-refractivity contribution in [1.82, 2.24) is 4.57 Å². The molecule has 0 aliphatic carbocycles. The third kappa shape index (κ3) is 5.75. The van der Waals surface area contributed by atoms with Crippen LogP contribution in [0.3, 0.4) is 0 Å². The molecule has 0 saturated carbocycles. The molecule has 1 aliphatic heterocycles. The molecular formula is C28H26Br2N2O6S. The summed E-state index contributed by atoms with van der Waals surface area (Å²) in [5.74, 6) is 1.11. The number of carbonyl (C=O) groups is 1. The van der Waals surface area contributed by atoms with Gasteiger partial charge < -0.3 is 18.9 Å². The highest BCUT2D eigenvalue weighted by atomic mass is 79.9. The first-order valence-electron chi connectivity index (χ1n) is 11.9. The highest BCUT2D eigenvalue weighted by molar-refractivity contribution is 9.11. The van der Waals surface area contributed by atoms with E-state index in [1.54, 1.807) is 51.3 Å². The van der Waals surface area contributed by atoms with Gasteiger partial charge in [0.2, 0.25) is 0 Å². The molecule has 1 unspecified atom stereocenters. The van der Waals surface area contributed by atoms with Crippen LogP contribution in [0.4, 0.5) is 0 Å². The molecule has 0 spiro atoms.